The van der Waals surface area contributed by atoms with Gasteiger partial charge < -0.3 is 5.11 Å². The van der Waals surface area contributed by atoms with Gasteiger partial charge in [-0.15, -0.1) is 0 Å². The van der Waals surface area contributed by atoms with Crippen LogP contribution in [-0.4, -0.2) is 28.6 Å². The van der Waals surface area contributed by atoms with Crippen molar-refractivity contribution in [3.8, 4) is 0 Å². The molecule has 1 aliphatic carbocycles. The molecule has 1 aromatic carbocycles. The van der Waals surface area contributed by atoms with Crippen molar-refractivity contribution in [3.05, 3.63) is 35.4 Å². The first-order valence-corrected chi connectivity index (χ1v) is 8.67. The van der Waals surface area contributed by atoms with Crippen LogP contribution in [0.25, 0.3) is 0 Å². The molecule has 4 atom stereocenters. The predicted molar refractivity (Wildman–Crippen MR) is 87.3 cm³/mol. The zero-order valence-electron chi connectivity index (χ0n) is 13.5. The number of aliphatic hydroxyl groups excluding tert-OH is 1. The fourth-order valence-corrected chi connectivity index (χ4v) is 4.39. The number of piperidine rings is 1. The van der Waals surface area contributed by atoms with Gasteiger partial charge in [-0.3, -0.25) is 4.90 Å². The van der Waals surface area contributed by atoms with Crippen LogP contribution in [0, 0.1) is 12.8 Å². The lowest BCUT2D eigenvalue weighted by molar-refractivity contribution is -0.0208. The van der Waals surface area contributed by atoms with Gasteiger partial charge in [-0.25, -0.2) is 0 Å². The first kappa shape index (κ1) is 15.1. The van der Waals surface area contributed by atoms with E-state index in [1.54, 1.807) is 0 Å². The van der Waals surface area contributed by atoms with Crippen LogP contribution in [0.15, 0.2) is 24.3 Å². The van der Waals surface area contributed by atoms with Crippen molar-refractivity contribution in [3.63, 3.8) is 0 Å². The third-order valence-corrected chi connectivity index (χ3v) is 5.69. The van der Waals surface area contributed by atoms with E-state index in [0.29, 0.717) is 6.04 Å². The van der Waals surface area contributed by atoms with E-state index in [2.05, 4.69) is 43.0 Å². The van der Waals surface area contributed by atoms with Gasteiger partial charge in [0.25, 0.3) is 0 Å². The zero-order chi connectivity index (χ0) is 14.8. The van der Waals surface area contributed by atoms with E-state index in [0.717, 1.165) is 18.0 Å². The SMILES string of the molecule is Cc1ccc(C(O)C(C)N2CCC[C@H]3CCCC[C@H]32)cc1. The highest BCUT2D eigenvalue weighted by Gasteiger charge is 2.37. The Morgan fingerprint density at radius 2 is 1.71 bits per heavy atom. The van der Waals surface area contributed by atoms with Gasteiger partial charge in [0.15, 0.2) is 0 Å². The van der Waals surface area contributed by atoms with Crippen molar-refractivity contribution in [1.82, 2.24) is 4.90 Å². The van der Waals surface area contributed by atoms with Gasteiger partial charge in [-0.2, -0.15) is 0 Å². The minimum Gasteiger partial charge on any atom is -0.387 e. The van der Waals surface area contributed by atoms with Crippen molar-refractivity contribution < 1.29 is 5.11 Å². The number of aryl methyl sites for hydroxylation is 1. The fraction of sp³-hybridized carbons (Fsp3) is 0.684. The summed E-state index contributed by atoms with van der Waals surface area (Å²) in [4.78, 5) is 2.61. The molecule has 0 bridgehead atoms. The number of benzene rings is 1. The average Bonchev–Trinajstić information content (AvgIpc) is 2.53. The van der Waals surface area contributed by atoms with Gasteiger partial charge in [-0.1, -0.05) is 42.7 Å². The number of hydrogen-bond donors (Lipinski definition) is 1. The second kappa shape index (κ2) is 6.50. The molecule has 0 amide bonds. The van der Waals surface area contributed by atoms with Crippen LogP contribution in [0.4, 0.5) is 0 Å². The first-order chi connectivity index (χ1) is 10.2. The molecule has 2 nitrogen and oxygen atoms in total. The van der Waals surface area contributed by atoms with Crippen LogP contribution >= 0.6 is 0 Å². The first-order valence-electron chi connectivity index (χ1n) is 8.67. The standard InChI is InChI=1S/C19H29NO/c1-14-9-11-17(12-10-14)19(21)15(2)20-13-5-7-16-6-3-4-8-18(16)20/h9-12,15-16,18-19,21H,3-8,13H2,1-2H3/t15?,16-,18-,19?/m1/s1. The van der Waals surface area contributed by atoms with Crippen LogP contribution in [-0.2, 0) is 0 Å². The second-order valence-corrected chi connectivity index (χ2v) is 7.09. The molecule has 0 spiro atoms. The molecule has 3 rings (SSSR count). The summed E-state index contributed by atoms with van der Waals surface area (Å²) in [6.45, 7) is 5.46. The maximum atomic E-state index is 10.8. The second-order valence-electron chi connectivity index (χ2n) is 7.09. The fourth-order valence-electron chi connectivity index (χ4n) is 4.39. The Kier molecular flexibility index (Phi) is 4.66. The molecule has 1 N–H and O–H groups in total. The molecule has 1 aliphatic heterocycles. The van der Waals surface area contributed by atoms with Crippen molar-refractivity contribution in [2.45, 2.75) is 70.6 Å². The van der Waals surface area contributed by atoms with Crippen molar-refractivity contribution >= 4 is 0 Å². The molecule has 116 valence electrons. The average molecular weight is 287 g/mol. The Morgan fingerprint density at radius 3 is 2.48 bits per heavy atom. The van der Waals surface area contributed by atoms with Gasteiger partial charge in [0.2, 0.25) is 0 Å². The van der Waals surface area contributed by atoms with E-state index in [-0.39, 0.29) is 12.1 Å². The normalized spacial score (nSPS) is 29.7. The maximum Gasteiger partial charge on any atom is 0.0942 e. The van der Waals surface area contributed by atoms with E-state index in [9.17, 15) is 5.11 Å². The number of rotatable bonds is 3. The molecule has 1 saturated heterocycles. The molecule has 2 unspecified atom stereocenters. The highest BCUT2D eigenvalue weighted by Crippen LogP contribution is 2.38. The highest BCUT2D eigenvalue weighted by atomic mass is 16.3. The van der Waals surface area contributed by atoms with Gasteiger partial charge in [0.1, 0.15) is 0 Å². The maximum absolute atomic E-state index is 10.8. The van der Waals surface area contributed by atoms with Crippen LogP contribution in [0.3, 0.4) is 0 Å². The largest absolute Gasteiger partial charge is 0.387 e. The van der Waals surface area contributed by atoms with E-state index in [1.807, 2.05) is 0 Å². The van der Waals surface area contributed by atoms with Crippen LogP contribution in [0.5, 0.6) is 0 Å². The Morgan fingerprint density at radius 1 is 1.05 bits per heavy atom. The Balaban J connectivity index is 1.73. The van der Waals surface area contributed by atoms with Crippen molar-refractivity contribution in [2.75, 3.05) is 6.54 Å². The summed E-state index contributed by atoms with van der Waals surface area (Å²) in [6.07, 6.45) is 7.82. The molecule has 2 heteroatoms. The summed E-state index contributed by atoms with van der Waals surface area (Å²) >= 11 is 0. The van der Waals surface area contributed by atoms with E-state index >= 15 is 0 Å². The summed E-state index contributed by atoms with van der Waals surface area (Å²) in [5.41, 5.74) is 2.31. The zero-order valence-corrected chi connectivity index (χ0v) is 13.5. The van der Waals surface area contributed by atoms with Crippen LogP contribution in [0.2, 0.25) is 0 Å². The van der Waals surface area contributed by atoms with Crippen molar-refractivity contribution in [2.24, 2.45) is 5.92 Å². The van der Waals surface area contributed by atoms with E-state index < -0.39 is 0 Å². The highest BCUT2D eigenvalue weighted by molar-refractivity contribution is 5.24. The summed E-state index contributed by atoms with van der Waals surface area (Å²) < 4.78 is 0. The lowest BCUT2D eigenvalue weighted by Crippen LogP contribution is -2.52. The monoisotopic (exact) mass is 287 g/mol. The summed E-state index contributed by atoms with van der Waals surface area (Å²) in [5, 5.41) is 10.8. The smallest absolute Gasteiger partial charge is 0.0942 e. The quantitative estimate of drug-likeness (QED) is 0.906. The summed E-state index contributed by atoms with van der Waals surface area (Å²) in [6, 6.07) is 9.30. The Hall–Kier alpha value is -0.860. The molecule has 2 fully saturated rings. The van der Waals surface area contributed by atoms with Gasteiger partial charge in [0, 0.05) is 12.1 Å². The minimum absolute atomic E-state index is 0.221. The molecular formula is C19H29NO. The summed E-state index contributed by atoms with van der Waals surface area (Å²) in [5.74, 6) is 0.875. The predicted octanol–water partition coefficient (Wildman–Crippen LogP) is 4.07. The number of likely N-dealkylation sites (tertiary alicyclic amines) is 1. The number of nitrogens with zero attached hydrogens (tertiary/aromatic N) is 1. The van der Waals surface area contributed by atoms with Gasteiger partial charge in [0.05, 0.1) is 6.10 Å². The Labute approximate surface area is 129 Å². The number of fused-ring (bicyclic) bond motifs is 1. The molecule has 0 radical (unpaired) electrons. The molecular weight excluding hydrogens is 258 g/mol. The minimum atomic E-state index is -0.369. The number of aliphatic hydroxyl groups is 1. The van der Waals surface area contributed by atoms with Crippen LogP contribution < -0.4 is 0 Å². The molecule has 1 heterocycles. The summed E-state index contributed by atoms with van der Waals surface area (Å²) in [7, 11) is 0. The third kappa shape index (κ3) is 3.17. The van der Waals surface area contributed by atoms with Gasteiger partial charge in [-0.05, 0) is 57.6 Å². The van der Waals surface area contributed by atoms with Crippen LogP contribution in [0.1, 0.15) is 62.7 Å². The van der Waals surface area contributed by atoms with E-state index in [1.165, 1.54) is 44.1 Å². The molecule has 1 aromatic rings. The van der Waals surface area contributed by atoms with Gasteiger partial charge >= 0.3 is 0 Å². The molecule has 1 saturated carbocycles. The lowest BCUT2D eigenvalue weighted by atomic mass is 9.77. The number of hydrogen-bond acceptors (Lipinski definition) is 2. The van der Waals surface area contributed by atoms with E-state index in [4.69, 9.17) is 0 Å². The Bertz CT molecular complexity index is 453. The molecule has 21 heavy (non-hydrogen) atoms. The lowest BCUT2D eigenvalue weighted by Gasteiger charge is -2.48. The third-order valence-electron chi connectivity index (χ3n) is 5.69. The molecule has 0 aromatic heterocycles. The van der Waals surface area contributed by atoms with Crippen molar-refractivity contribution in [1.29, 1.82) is 0 Å². The topological polar surface area (TPSA) is 23.5 Å². The molecule has 2 aliphatic rings.